The highest BCUT2D eigenvalue weighted by atomic mass is 32.2. The van der Waals surface area contributed by atoms with Gasteiger partial charge in [0.15, 0.2) is 0 Å². The lowest BCUT2D eigenvalue weighted by Gasteiger charge is -2.11. The Bertz CT molecular complexity index is 706. The fourth-order valence-corrected chi connectivity index (χ4v) is 3.38. The van der Waals surface area contributed by atoms with E-state index in [-0.39, 0.29) is 16.8 Å². The van der Waals surface area contributed by atoms with Gasteiger partial charge in [0.25, 0.3) is 5.91 Å². The molecule has 0 aromatic heterocycles. The molecule has 0 saturated carbocycles. The van der Waals surface area contributed by atoms with E-state index in [2.05, 4.69) is 10.0 Å². The van der Waals surface area contributed by atoms with Crippen molar-refractivity contribution >= 4 is 27.2 Å². The number of benzene rings is 1. The molecule has 1 heterocycles. The van der Waals surface area contributed by atoms with Crippen LogP contribution in [0.4, 0.5) is 5.69 Å². The number of nitrogens with zero attached hydrogens (tertiary/aromatic N) is 1. The van der Waals surface area contributed by atoms with Crippen molar-refractivity contribution in [3.05, 3.63) is 30.0 Å². The Morgan fingerprint density at radius 1 is 1.29 bits per heavy atom. The molecule has 1 aliphatic rings. The Labute approximate surface area is 124 Å². The molecule has 0 spiro atoms. The highest BCUT2D eigenvalue weighted by molar-refractivity contribution is 7.89. The number of anilines is 1. The Balaban J connectivity index is 2.50. The topological polar surface area (TPSA) is 78.5 Å². The summed E-state index contributed by atoms with van der Waals surface area (Å²) in [6.45, 7) is 3.51. The number of hydrogen-bond donors (Lipinski definition) is 2. The highest BCUT2D eigenvalue weighted by Crippen LogP contribution is 2.33. The van der Waals surface area contributed by atoms with Crippen molar-refractivity contribution in [2.45, 2.75) is 24.8 Å². The minimum Gasteiger partial charge on any atom is -0.383 e. The van der Waals surface area contributed by atoms with E-state index in [1.165, 1.54) is 12.1 Å². The van der Waals surface area contributed by atoms with Crippen LogP contribution >= 0.6 is 0 Å². The minimum atomic E-state index is -3.58. The lowest BCUT2D eigenvalue weighted by atomic mass is 10.1. The average molecular weight is 309 g/mol. The second kappa shape index (κ2) is 5.50. The van der Waals surface area contributed by atoms with Crippen LogP contribution < -0.4 is 10.0 Å². The molecular weight excluding hydrogens is 290 g/mol. The largest absolute Gasteiger partial charge is 0.383 e. The van der Waals surface area contributed by atoms with Crippen molar-refractivity contribution in [3.8, 4) is 0 Å². The van der Waals surface area contributed by atoms with Crippen LogP contribution in [0.5, 0.6) is 0 Å². The first-order valence-corrected chi connectivity index (χ1v) is 8.05. The Hall–Kier alpha value is -1.86. The van der Waals surface area contributed by atoms with Crippen molar-refractivity contribution in [1.29, 1.82) is 0 Å². The number of rotatable bonds is 4. The SMILES string of the molecule is CC(C)NS(=O)(=O)c1ccc2c(c1)/C(=C/N(C)C)C(=O)N2. The molecule has 0 radical (unpaired) electrons. The molecule has 7 heteroatoms. The second-order valence-corrected chi connectivity index (χ2v) is 7.16. The van der Waals surface area contributed by atoms with Crippen LogP contribution in [-0.2, 0) is 14.8 Å². The number of carbonyl (C=O) groups is 1. The summed E-state index contributed by atoms with van der Waals surface area (Å²) in [7, 11) is 0.0291. The van der Waals surface area contributed by atoms with Gasteiger partial charge in [0.2, 0.25) is 10.0 Å². The zero-order valence-electron chi connectivity index (χ0n) is 12.5. The van der Waals surface area contributed by atoms with E-state index in [4.69, 9.17) is 0 Å². The third kappa shape index (κ3) is 3.25. The van der Waals surface area contributed by atoms with E-state index in [1.807, 2.05) is 0 Å². The standard InChI is InChI=1S/C14H19N3O3S/c1-9(2)16-21(19,20)10-5-6-13-11(7-10)12(8-17(3)4)14(18)15-13/h5-9,16H,1-4H3,(H,15,18)/b12-8-. The Morgan fingerprint density at radius 3 is 2.52 bits per heavy atom. The number of amides is 1. The molecule has 21 heavy (non-hydrogen) atoms. The maximum Gasteiger partial charge on any atom is 0.257 e. The van der Waals surface area contributed by atoms with Crippen molar-refractivity contribution in [2.24, 2.45) is 0 Å². The van der Waals surface area contributed by atoms with E-state index in [0.29, 0.717) is 16.8 Å². The molecule has 1 aromatic rings. The number of sulfonamides is 1. The smallest absolute Gasteiger partial charge is 0.257 e. The normalized spacial score (nSPS) is 16.2. The summed E-state index contributed by atoms with van der Waals surface area (Å²) in [5, 5.41) is 2.72. The Morgan fingerprint density at radius 2 is 1.95 bits per heavy atom. The van der Waals surface area contributed by atoms with Crippen LogP contribution in [0.2, 0.25) is 0 Å². The van der Waals surface area contributed by atoms with E-state index < -0.39 is 10.0 Å². The zero-order valence-corrected chi connectivity index (χ0v) is 13.3. The van der Waals surface area contributed by atoms with Crippen molar-refractivity contribution in [1.82, 2.24) is 9.62 Å². The van der Waals surface area contributed by atoms with Crippen LogP contribution in [0.1, 0.15) is 19.4 Å². The maximum atomic E-state index is 12.2. The molecule has 0 unspecified atom stereocenters. The summed E-state index contributed by atoms with van der Waals surface area (Å²) in [4.78, 5) is 13.8. The molecule has 114 valence electrons. The number of hydrogen-bond acceptors (Lipinski definition) is 4. The molecule has 1 amide bonds. The molecule has 0 saturated heterocycles. The summed E-state index contributed by atoms with van der Waals surface area (Å²) in [5.74, 6) is -0.231. The maximum absolute atomic E-state index is 12.2. The van der Waals surface area contributed by atoms with Gasteiger partial charge in [0, 0.05) is 37.6 Å². The highest BCUT2D eigenvalue weighted by Gasteiger charge is 2.27. The van der Waals surface area contributed by atoms with Gasteiger partial charge in [0.05, 0.1) is 10.5 Å². The van der Waals surface area contributed by atoms with Gasteiger partial charge >= 0.3 is 0 Å². The molecule has 2 rings (SSSR count). The predicted molar refractivity (Wildman–Crippen MR) is 82.2 cm³/mol. The molecule has 1 aliphatic heterocycles. The monoisotopic (exact) mass is 309 g/mol. The fourth-order valence-electron chi connectivity index (χ4n) is 2.10. The first kappa shape index (κ1) is 15.5. The van der Waals surface area contributed by atoms with E-state index >= 15 is 0 Å². The summed E-state index contributed by atoms with van der Waals surface area (Å²) >= 11 is 0. The zero-order chi connectivity index (χ0) is 15.8. The van der Waals surface area contributed by atoms with Gasteiger partial charge in [0.1, 0.15) is 0 Å². The van der Waals surface area contributed by atoms with Crippen LogP contribution in [0, 0.1) is 0 Å². The summed E-state index contributed by atoms with van der Waals surface area (Å²) in [6, 6.07) is 4.42. The molecule has 0 bridgehead atoms. The summed E-state index contributed by atoms with van der Waals surface area (Å²) in [6.07, 6.45) is 1.67. The number of carbonyl (C=O) groups excluding carboxylic acids is 1. The molecule has 0 fully saturated rings. The van der Waals surface area contributed by atoms with E-state index in [1.54, 1.807) is 45.1 Å². The van der Waals surface area contributed by atoms with Crippen molar-refractivity contribution in [3.63, 3.8) is 0 Å². The van der Waals surface area contributed by atoms with E-state index in [9.17, 15) is 13.2 Å². The van der Waals surface area contributed by atoms with Gasteiger partial charge in [-0.2, -0.15) is 0 Å². The van der Waals surface area contributed by atoms with Gasteiger partial charge in [-0.15, -0.1) is 0 Å². The first-order valence-electron chi connectivity index (χ1n) is 6.57. The first-order chi connectivity index (χ1) is 9.70. The molecule has 6 nitrogen and oxygen atoms in total. The fraction of sp³-hybridized carbons (Fsp3) is 0.357. The third-order valence-electron chi connectivity index (χ3n) is 2.86. The molecule has 1 aromatic carbocycles. The summed E-state index contributed by atoms with van der Waals surface area (Å²) in [5.41, 5.74) is 1.67. The molecule has 0 aliphatic carbocycles. The molecule has 0 atom stereocenters. The second-order valence-electron chi connectivity index (χ2n) is 5.44. The van der Waals surface area contributed by atoms with Gasteiger partial charge in [-0.25, -0.2) is 13.1 Å². The lowest BCUT2D eigenvalue weighted by molar-refractivity contribution is -0.110. The van der Waals surface area contributed by atoms with Crippen LogP contribution in [0.25, 0.3) is 5.57 Å². The molecular formula is C14H19N3O3S. The van der Waals surface area contributed by atoms with Gasteiger partial charge < -0.3 is 10.2 Å². The summed E-state index contributed by atoms with van der Waals surface area (Å²) < 4.78 is 26.9. The van der Waals surface area contributed by atoms with Crippen LogP contribution in [-0.4, -0.2) is 39.4 Å². The van der Waals surface area contributed by atoms with Crippen molar-refractivity contribution in [2.75, 3.05) is 19.4 Å². The number of nitrogens with one attached hydrogen (secondary N) is 2. The average Bonchev–Trinajstić information content (AvgIpc) is 2.63. The quantitative estimate of drug-likeness (QED) is 0.820. The Kier molecular flexibility index (Phi) is 4.06. The van der Waals surface area contributed by atoms with Gasteiger partial charge in [-0.3, -0.25) is 4.79 Å². The van der Waals surface area contributed by atoms with Crippen LogP contribution in [0.15, 0.2) is 29.3 Å². The molecule has 2 N–H and O–H groups in total. The van der Waals surface area contributed by atoms with Crippen molar-refractivity contribution < 1.29 is 13.2 Å². The minimum absolute atomic E-state index is 0.149. The van der Waals surface area contributed by atoms with E-state index in [0.717, 1.165) is 0 Å². The van der Waals surface area contributed by atoms with Gasteiger partial charge in [-0.1, -0.05) is 0 Å². The number of fused-ring (bicyclic) bond motifs is 1. The third-order valence-corrected chi connectivity index (χ3v) is 4.52. The van der Waals surface area contributed by atoms with Gasteiger partial charge in [-0.05, 0) is 32.0 Å². The lowest BCUT2D eigenvalue weighted by Crippen LogP contribution is -2.30. The predicted octanol–water partition coefficient (Wildman–Crippen LogP) is 1.23. The van der Waals surface area contributed by atoms with Crippen LogP contribution in [0.3, 0.4) is 0 Å².